The molecule has 0 radical (unpaired) electrons. The summed E-state index contributed by atoms with van der Waals surface area (Å²) in [5.41, 5.74) is 6.85. The standard InChI is InChI=1S/C10H17N3OS/c1-7-8(2)15-10(12-7)13-3-4-14-6-9(13)5-11/h9H,3-6,11H2,1-2H3. The highest BCUT2D eigenvalue weighted by molar-refractivity contribution is 7.15. The number of aromatic nitrogens is 1. The van der Waals surface area contributed by atoms with Crippen LogP contribution < -0.4 is 10.6 Å². The predicted molar refractivity (Wildman–Crippen MR) is 62.6 cm³/mol. The summed E-state index contributed by atoms with van der Waals surface area (Å²) < 4.78 is 5.42. The topological polar surface area (TPSA) is 51.4 Å². The van der Waals surface area contributed by atoms with Gasteiger partial charge in [0.25, 0.3) is 0 Å². The van der Waals surface area contributed by atoms with E-state index < -0.39 is 0 Å². The minimum Gasteiger partial charge on any atom is -0.377 e. The van der Waals surface area contributed by atoms with Gasteiger partial charge in [0.2, 0.25) is 0 Å². The molecule has 2 rings (SSSR count). The molecular weight excluding hydrogens is 210 g/mol. The van der Waals surface area contributed by atoms with Crippen molar-refractivity contribution in [2.24, 2.45) is 5.73 Å². The molecule has 0 bridgehead atoms. The van der Waals surface area contributed by atoms with E-state index in [1.807, 2.05) is 6.92 Å². The van der Waals surface area contributed by atoms with Gasteiger partial charge in [-0.25, -0.2) is 4.98 Å². The fraction of sp³-hybridized carbons (Fsp3) is 0.700. The second-order valence-corrected chi connectivity index (χ2v) is 4.98. The van der Waals surface area contributed by atoms with Crippen molar-refractivity contribution in [3.63, 3.8) is 0 Å². The number of ether oxygens (including phenoxy) is 1. The summed E-state index contributed by atoms with van der Waals surface area (Å²) in [5.74, 6) is 0. The van der Waals surface area contributed by atoms with E-state index in [1.165, 1.54) is 4.88 Å². The second-order valence-electron chi connectivity index (χ2n) is 3.80. The predicted octanol–water partition coefficient (Wildman–Crippen LogP) is 0.924. The summed E-state index contributed by atoms with van der Waals surface area (Å²) in [7, 11) is 0. The van der Waals surface area contributed by atoms with Crippen LogP contribution in [-0.4, -0.2) is 37.3 Å². The van der Waals surface area contributed by atoms with E-state index in [9.17, 15) is 0 Å². The van der Waals surface area contributed by atoms with Gasteiger partial charge in [0.05, 0.1) is 24.9 Å². The number of nitrogens with zero attached hydrogens (tertiary/aromatic N) is 2. The molecule has 0 spiro atoms. The Balaban J connectivity index is 2.20. The van der Waals surface area contributed by atoms with Gasteiger partial charge in [-0.05, 0) is 13.8 Å². The van der Waals surface area contributed by atoms with Crippen LogP contribution in [0.1, 0.15) is 10.6 Å². The van der Waals surface area contributed by atoms with Gasteiger partial charge in [-0.15, -0.1) is 11.3 Å². The number of thiazole rings is 1. The summed E-state index contributed by atoms with van der Waals surface area (Å²) in [6.07, 6.45) is 0. The van der Waals surface area contributed by atoms with Crippen LogP contribution in [0.3, 0.4) is 0 Å². The summed E-state index contributed by atoms with van der Waals surface area (Å²) >= 11 is 1.74. The molecule has 5 heteroatoms. The van der Waals surface area contributed by atoms with E-state index in [-0.39, 0.29) is 6.04 Å². The van der Waals surface area contributed by atoms with E-state index in [0.717, 1.165) is 24.0 Å². The third-order valence-electron chi connectivity index (χ3n) is 2.76. The van der Waals surface area contributed by atoms with Crippen molar-refractivity contribution in [1.29, 1.82) is 0 Å². The zero-order chi connectivity index (χ0) is 10.8. The fourth-order valence-electron chi connectivity index (χ4n) is 1.68. The molecule has 1 aromatic heterocycles. The maximum absolute atomic E-state index is 5.73. The van der Waals surface area contributed by atoms with E-state index in [4.69, 9.17) is 10.5 Å². The first-order chi connectivity index (χ1) is 7.22. The van der Waals surface area contributed by atoms with Crippen molar-refractivity contribution in [2.45, 2.75) is 19.9 Å². The molecule has 1 saturated heterocycles. The number of rotatable bonds is 2. The minimum atomic E-state index is 0.281. The van der Waals surface area contributed by atoms with E-state index in [1.54, 1.807) is 11.3 Å². The van der Waals surface area contributed by atoms with Crippen LogP contribution >= 0.6 is 11.3 Å². The zero-order valence-electron chi connectivity index (χ0n) is 9.19. The molecule has 0 aromatic carbocycles. The molecule has 0 amide bonds. The lowest BCUT2D eigenvalue weighted by Gasteiger charge is -2.34. The lowest BCUT2D eigenvalue weighted by Crippen LogP contribution is -2.49. The van der Waals surface area contributed by atoms with Crippen LogP contribution in [0.15, 0.2) is 0 Å². The number of anilines is 1. The van der Waals surface area contributed by atoms with Gasteiger partial charge in [-0.3, -0.25) is 0 Å². The summed E-state index contributed by atoms with van der Waals surface area (Å²) in [6, 6.07) is 0.281. The first kappa shape index (κ1) is 10.9. The van der Waals surface area contributed by atoms with Crippen molar-refractivity contribution in [3.8, 4) is 0 Å². The van der Waals surface area contributed by atoms with E-state index in [0.29, 0.717) is 13.2 Å². The number of nitrogens with two attached hydrogens (primary N) is 1. The first-order valence-electron chi connectivity index (χ1n) is 5.21. The average molecular weight is 227 g/mol. The molecule has 0 aliphatic carbocycles. The van der Waals surface area contributed by atoms with E-state index >= 15 is 0 Å². The summed E-state index contributed by atoms with van der Waals surface area (Å²) in [4.78, 5) is 8.12. The van der Waals surface area contributed by atoms with Crippen LogP contribution in [0.2, 0.25) is 0 Å². The van der Waals surface area contributed by atoms with Crippen LogP contribution in [0.4, 0.5) is 5.13 Å². The highest BCUT2D eigenvalue weighted by atomic mass is 32.1. The molecule has 4 nitrogen and oxygen atoms in total. The third kappa shape index (κ3) is 2.14. The fourth-order valence-corrected chi connectivity index (χ4v) is 2.69. The maximum Gasteiger partial charge on any atom is 0.186 e. The number of aryl methyl sites for hydroxylation is 2. The Hall–Kier alpha value is -0.650. The van der Waals surface area contributed by atoms with E-state index in [2.05, 4.69) is 16.8 Å². The Kier molecular flexibility index (Phi) is 3.23. The van der Waals surface area contributed by atoms with Gasteiger partial charge >= 0.3 is 0 Å². The zero-order valence-corrected chi connectivity index (χ0v) is 10.0. The van der Waals surface area contributed by atoms with Crippen molar-refractivity contribution >= 4 is 16.5 Å². The first-order valence-corrected chi connectivity index (χ1v) is 6.02. The van der Waals surface area contributed by atoms with Gasteiger partial charge in [0.15, 0.2) is 5.13 Å². The van der Waals surface area contributed by atoms with Crippen LogP contribution in [0, 0.1) is 13.8 Å². The molecular formula is C10H17N3OS. The van der Waals surface area contributed by atoms with Crippen LogP contribution in [0.25, 0.3) is 0 Å². The van der Waals surface area contributed by atoms with Crippen molar-refractivity contribution in [2.75, 3.05) is 31.2 Å². The molecule has 1 fully saturated rings. The molecule has 2 heterocycles. The normalized spacial score (nSPS) is 22.1. The smallest absolute Gasteiger partial charge is 0.186 e. The maximum atomic E-state index is 5.73. The highest BCUT2D eigenvalue weighted by Gasteiger charge is 2.24. The Bertz CT molecular complexity index is 320. The lowest BCUT2D eigenvalue weighted by molar-refractivity contribution is 0.0962. The largest absolute Gasteiger partial charge is 0.377 e. The molecule has 1 unspecified atom stereocenters. The van der Waals surface area contributed by atoms with Gasteiger partial charge < -0.3 is 15.4 Å². The average Bonchev–Trinajstić information content (AvgIpc) is 2.59. The molecule has 0 saturated carbocycles. The van der Waals surface area contributed by atoms with Crippen molar-refractivity contribution in [3.05, 3.63) is 10.6 Å². The molecule has 1 aliphatic heterocycles. The molecule has 84 valence electrons. The molecule has 2 N–H and O–H groups in total. The van der Waals surface area contributed by atoms with Gasteiger partial charge in [-0.2, -0.15) is 0 Å². The third-order valence-corrected chi connectivity index (χ3v) is 3.87. The van der Waals surface area contributed by atoms with Crippen molar-refractivity contribution in [1.82, 2.24) is 4.98 Å². The SMILES string of the molecule is Cc1nc(N2CCOCC2CN)sc1C. The van der Waals surface area contributed by atoms with Gasteiger partial charge in [0, 0.05) is 18.0 Å². The van der Waals surface area contributed by atoms with Gasteiger partial charge in [0.1, 0.15) is 0 Å². The van der Waals surface area contributed by atoms with Gasteiger partial charge in [-0.1, -0.05) is 0 Å². The lowest BCUT2D eigenvalue weighted by atomic mass is 10.2. The Morgan fingerprint density at radius 2 is 2.40 bits per heavy atom. The minimum absolute atomic E-state index is 0.281. The summed E-state index contributed by atoms with van der Waals surface area (Å²) in [6.45, 7) is 7.16. The monoisotopic (exact) mass is 227 g/mol. The van der Waals surface area contributed by atoms with Crippen LogP contribution in [0.5, 0.6) is 0 Å². The Morgan fingerprint density at radius 1 is 1.60 bits per heavy atom. The Morgan fingerprint density at radius 3 is 3.00 bits per heavy atom. The second kappa shape index (κ2) is 4.47. The Labute approximate surface area is 94.1 Å². The molecule has 1 aliphatic rings. The summed E-state index contributed by atoms with van der Waals surface area (Å²) in [5, 5.41) is 1.09. The van der Waals surface area contributed by atoms with Crippen molar-refractivity contribution < 1.29 is 4.74 Å². The number of hydrogen-bond acceptors (Lipinski definition) is 5. The number of hydrogen-bond donors (Lipinski definition) is 1. The van der Waals surface area contributed by atoms with Crippen LogP contribution in [-0.2, 0) is 4.74 Å². The molecule has 15 heavy (non-hydrogen) atoms. The molecule has 1 atom stereocenters. The highest BCUT2D eigenvalue weighted by Crippen LogP contribution is 2.27. The number of morpholine rings is 1. The molecule has 1 aromatic rings. The quantitative estimate of drug-likeness (QED) is 0.816.